The molecule has 0 bridgehead atoms. The van der Waals surface area contributed by atoms with Crippen molar-refractivity contribution in [2.45, 2.75) is 6.54 Å². The molecule has 1 aromatic heterocycles. The normalized spacial score (nSPS) is 16.8. The predicted molar refractivity (Wildman–Crippen MR) is 104 cm³/mol. The Balaban J connectivity index is 1.28. The molecule has 0 radical (unpaired) electrons. The number of ether oxygens (including phenoxy) is 2. The molecule has 3 aromatic rings. The van der Waals surface area contributed by atoms with Crippen molar-refractivity contribution in [2.24, 2.45) is 0 Å². The number of anilines is 1. The Morgan fingerprint density at radius 1 is 1.00 bits per heavy atom. The molecule has 2 aliphatic heterocycles. The zero-order chi connectivity index (χ0) is 18.2. The summed E-state index contributed by atoms with van der Waals surface area (Å²) in [5.41, 5.74) is 3.00. The van der Waals surface area contributed by atoms with Crippen molar-refractivity contribution in [3.8, 4) is 11.5 Å². The maximum atomic E-state index is 11.7. The fourth-order valence-electron chi connectivity index (χ4n) is 3.95. The number of H-pyrrole nitrogens is 1. The number of hydrogen-bond acceptors (Lipinski definition) is 5. The number of aromatic amines is 1. The van der Waals surface area contributed by atoms with Gasteiger partial charge in [-0.3, -0.25) is 9.69 Å². The van der Waals surface area contributed by atoms with Crippen LogP contribution in [0.25, 0.3) is 10.9 Å². The lowest BCUT2D eigenvalue weighted by atomic mass is 10.1. The van der Waals surface area contributed by atoms with Gasteiger partial charge in [-0.2, -0.15) is 0 Å². The van der Waals surface area contributed by atoms with Crippen molar-refractivity contribution in [1.82, 2.24) is 9.88 Å². The van der Waals surface area contributed by atoms with Crippen molar-refractivity contribution in [3.05, 3.63) is 53.6 Å². The van der Waals surface area contributed by atoms with Gasteiger partial charge in [0.2, 0.25) is 6.79 Å². The van der Waals surface area contributed by atoms with E-state index in [-0.39, 0.29) is 0 Å². The number of nitrogens with zero attached hydrogens (tertiary/aromatic N) is 2. The minimum atomic E-state index is 0.307. The quantitative estimate of drug-likeness (QED) is 0.722. The van der Waals surface area contributed by atoms with E-state index in [0.29, 0.717) is 6.79 Å². The standard InChI is InChI=1S/C21H21N3O3/c25-13-17-16-3-1-2-4-18(16)22-21(17)24-9-7-23(8-10-24)12-15-5-6-19-20(11-15)27-14-26-19/h1-6,11,13,22H,7-10,12,14H2. The summed E-state index contributed by atoms with van der Waals surface area (Å²) < 4.78 is 10.9. The Kier molecular flexibility index (Phi) is 3.98. The molecule has 2 aliphatic rings. The first-order valence-corrected chi connectivity index (χ1v) is 9.23. The highest BCUT2D eigenvalue weighted by Gasteiger charge is 2.22. The van der Waals surface area contributed by atoms with Crippen LogP contribution >= 0.6 is 0 Å². The number of carbonyl (C=O) groups is 1. The monoisotopic (exact) mass is 363 g/mol. The highest BCUT2D eigenvalue weighted by Crippen LogP contribution is 2.33. The van der Waals surface area contributed by atoms with Gasteiger partial charge in [0.05, 0.1) is 5.56 Å². The summed E-state index contributed by atoms with van der Waals surface area (Å²) in [6.45, 7) is 4.86. The van der Waals surface area contributed by atoms with Crippen molar-refractivity contribution >= 4 is 23.0 Å². The Hall–Kier alpha value is -2.99. The number of carbonyl (C=O) groups excluding carboxylic acids is 1. The first-order valence-electron chi connectivity index (χ1n) is 9.23. The molecule has 1 fully saturated rings. The minimum absolute atomic E-state index is 0.307. The van der Waals surface area contributed by atoms with Crippen LogP contribution in [0.15, 0.2) is 42.5 Å². The summed E-state index contributed by atoms with van der Waals surface area (Å²) >= 11 is 0. The molecule has 0 aliphatic carbocycles. The third-order valence-corrected chi connectivity index (χ3v) is 5.37. The molecule has 138 valence electrons. The smallest absolute Gasteiger partial charge is 0.231 e. The lowest BCUT2D eigenvalue weighted by Gasteiger charge is -2.35. The van der Waals surface area contributed by atoms with E-state index in [2.05, 4.69) is 26.9 Å². The topological polar surface area (TPSA) is 57.8 Å². The first kappa shape index (κ1) is 16.2. The average molecular weight is 363 g/mol. The van der Waals surface area contributed by atoms with E-state index in [1.165, 1.54) is 5.56 Å². The predicted octanol–water partition coefficient (Wildman–Crippen LogP) is 3.03. The van der Waals surface area contributed by atoms with Gasteiger partial charge in [-0.05, 0) is 23.8 Å². The third-order valence-electron chi connectivity index (χ3n) is 5.37. The number of aldehydes is 1. The van der Waals surface area contributed by atoms with Gasteiger partial charge in [-0.25, -0.2) is 0 Å². The molecule has 1 N–H and O–H groups in total. The largest absolute Gasteiger partial charge is 0.454 e. The second-order valence-electron chi connectivity index (χ2n) is 7.00. The van der Waals surface area contributed by atoms with Crippen molar-refractivity contribution in [2.75, 3.05) is 37.9 Å². The first-order chi connectivity index (χ1) is 13.3. The fraction of sp³-hybridized carbons (Fsp3) is 0.286. The van der Waals surface area contributed by atoms with E-state index in [4.69, 9.17) is 9.47 Å². The number of piperazine rings is 1. The molecule has 1 saturated heterocycles. The van der Waals surface area contributed by atoms with E-state index < -0.39 is 0 Å². The van der Waals surface area contributed by atoms with Crippen LogP contribution in [-0.2, 0) is 6.54 Å². The molecule has 0 amide bonds. The highest BCUT2D eigenvalue weighted by atomic mass is 16.7. The zero-order valence-electron chi connectivity index (χ0n) is 15.0. The number of nitrogens with one attached hydrogen (secondary N) is 1. The van der Waals surface area contributed by atoms with Crippen LogP contribution in [0.5, 0.6) is 11.5 Å². The number of rotatable bonds is 4. The molecule has 3 heterocycles. The van der Waals surface area contributed by atoms with Crippen molar-refractivity contribution < 1.29 is 14.3 Å². The molecule has 6 nitrogen and oxygen atoms in total. The fourth-order valence-corrected chi connectivity index (χ4v) is 3.95. The number of aromatic nitrogens is 1. The Labute approximate surface area is 157 Å². The van der Waals surface area contributed by atoms with Crippen molar-refractivity contribution in [1.29, 1.82) is 0 Å². The maximum absolute atomic E-state index is 11.7. The number of fused-ring (bicyclic) bond motifs is 2. The summed E-state index contributed by atoms with van der Waals surface area (Å²) in [6.07, 6.45) is 0.965. The van der Waals surface area contributed by atoms with Gasteiger partial charge in [-0.15, -0.1) is 0 Å². The van der Waals surface area contributed by atoms with E-state index in [0.717, 1.165) is 72.8 Å². The van der Waals surface area contributed by atoms with Crippen molar-refractivity contribution in [3.63, 3.8) is 0 Å². The SMILES string of the molecule is O=Cc1c(N2CCN(Cc3ccc4c(c3)OCO4)CC2)[nH]c2ccccc12. The van der Waals surface area contributed by atoms with Crippen LogP contribution in [0, 0.1) is 0 Å². The van der Waals surface area contributed by atoms with Gasteiger partial charge >= 0.3 is 0 Å². The maximum Gasteiger partial charge on any atom is 0.231 e. The lowest BCUT2D eigenvalue weighted by Crippen LogP contribution is -2.46. The Morgan fingerprint density at radius 2 is 1.81 bits per heavy atom. The van der Waals surface area contributed by atoms with Crippen LogP contribution in [0.3, 0.4) is 0 Å². The Morgan fingerprint density at radius 3 is 2.67 bits per heavy atom. The van der Waals surface area contributed by atoms with Crippen LogP contribution in [0.1, 0.15) is 15.9 Å². The average Bonchev–Trinajstić information content (AvgIpc) is 3.32. The van der Waals surface area contributed by atoms with Gasteiger partial charge in [0.25, 0.3) is 0 Å². The molecule has 27 heavy (non-hydrogen) atoms. The summed E-state index contributed by atoms with van der Waals surface area (Å²) in [5, 5.41) is 0.991. The molecule has 0 spiro atoms. The van der Waals surface area contributed by atoms with E-state index in [9.17, 15) is 4.79 Å². The summed E-state index contributed by atoms with van der Waals surface area (Å²) in [7, 11) is 0. The molecule has 0 atom stereocenters. The van der Waals surface area contributed by atoms with Crippen LogP contribution in [-0.4, -0.2) is 49.1 Å². The molecule has 0 unspecified atom stereocenters. The van der Waals surface area contributed by atoms with Crippen LogP contribution < -0.4 is 14.4 Å². The molecule has 0 saturated carbocycles. The second-order valence-corrected chi connectivity index (χ2v) is 7.00. The van der Waals surface area contributed by atoms with E-state index >= 15 is 0 Å². The summed E-state index contributed by atoms with van der Waals surface area (Å²) in [4.78, 5) is 19.8. The number of para-hydroxylation sites is 1. The van der Waals surface area contributed by atoms with Crippen LogP contribution in [0.2, 0.25) is 0 Å². The molecule has 5 rings (SSSR count). The summed E-state index contributed by atoms with van der Waals surface area (Å²) in [6, 6.07) is 14.1. The molecule has 6 heteroatoms. The second kappa shape index (κ2) is 6.63. The highest BCUT2D eigenvalue weighted by molar-refractivity contribution is 6.03. The molecular formula is C21H21N3O3. The van der Waals surface area contributed by atoms with Gasteiger partial charge in [-0.1, -0.05) is 24.3 Å². The van der Waals surface area contributed by atoms with Gasteiger partial charge in [0.15, 0.2) is 17.8 Å². The number of hydrogen-bond donors (Lipinski definition) is 1. The van der Waals surface area contributed by atoms with Crippen LogP contribution in [0.4, 0.5) is 5.82 Å². The van der Waals surface area contributed by atoms with E-state index in [1.54, 1.807) is 0 Å². The van der Waals surface area contributed by atoms with Gasteiger partial charge < -0.3 is 19.4 Å². The zero-order valence-corrected chi connectivity index (χ0v) is 15.0. The third kappa shape index (κ3) is 2.92. The van der Waals surface area contributed by atoms with Gasteiger partial charge in [0.1, 0.15) is 5.82 Å². The lowest BCUT2D eigenvalue weighted by molar-refractivity contribution is 0.112. The molecular weight excluding hydrogens is 342 g/mol. The minimum Gasteiger partial charge on any atom is -0.454 e. The van der Waals surface area contributed by atoms with Gasteiger partial charge in [0, 0.05) is 43.6 Å². The summed E-state index contributed by atoms with van der Waals surface area (Å²) in [5.74, 6) is 2.59. The Bertz CT molecular complexity index is 990. The van der Waals surface area contributed by atoms with E-state index in [1.807, 2.05) is 30.3 Å². The molecule has 2 aromatic carbocycles. The number of benzene rings is 2.